The third-order valence-electron chi connectivity index (χ3n) is 0. The Labute approximate surface area is 1080 Å². The van der Waals surface area contributed by atoms with Crippen LogP contribution in [-0.4, -0.2) is 10.1 Å². The first-order chi connectivity index (χ1) is 0. The zero-order valence-corrected chi connectivity index (χ0v) is 80.3. The molecule has 0 saturated heterocycles. The Hall–Kier alpha value is 33.4. The average molecular weight is 4080 g/mol. The van der Waals surface area contributed by atoms with Crippen molar-refractivity contribution in [2.75, 3.05) is 0 Å². The van der Waals surface area contributed by atoms with Crippen LogP contribution in [0.5, 0.6) is 0 Å². The van der Waals surface area contributed by atoms with E-state index in [0.717, 1.165) is 0 Å². The molecule has 65 heteroatoms. The predicted molar refractivity (Wildman–Crippen MR) is 7.98 cm³/mol. The summed E-state index contributed by atoms with van der Waals surface area (Å²) in [6.45, 7) is 0. The third-order valence-corrected chi connectivity index (χ3v) is 0. The van der Waals surface area contributed by atoms with Crippen LogP contribution in [-0.2, 0) is 1090 Å². The second-order valence-corrected chi connectivity index (χ2v) is 0. The van der Waals surface area contributed by atoms with Gasteiger partial charge in [-0.15, -0.1) is 0 Å². The molecule has 0 saturated carbocycles. The average Bonchev–Trinajstić information content (AvgIpc) is 0. The van der Waals surface area contributed by atoms with Crippen LogP contribution >= 0.6 is 0 Å². The van der Waals surface area contributed by atoms with Gasteiger partial charge in [-0.3, -0.25) is 0 Å². The minimum Gasteiger partial charge on any atom is -1.00 e. The van der Waals surface area contributed by atoms with Gasteiger partial charge in [0.15, 0.2) is 0 Å². The van der Waals surface area contributed by atoms with Gasteiger partial charge >= 0.3 is 10.1 Å². The Morgan fingerprint density at radius 2 is 0.0462 bits per heavy atom. The van der Waals surface area contributed by atoms with E-state index in [1.165, 1.54) is 0 Å². The molecular formula is H2BeCu64. The molecule has 0 aromatic rings. The fraction of sp³-hybridized carbons (Fsp3) is 0. The first-order valence-electron chi connectivity index (χ1n) is 0. The van der Waals surface area contributed by atoms with Gasteiger partial charge in [-0.1, -0.05) is 0 Å². The summed E-state index contributed by atoms with van der Waals surface area (Å²) in [6, 6.07) is 0. The summed E-state index contributed by atoms with van der Waals surface area (Å²) < 4.78 is 0. The van der Waals surface area contributed by atoms with Crippen LogP contribution in [0.15, 0.2) is 0 Å². The molecule has 0 aromatic heterocycles. The molecule has 0 bridgehead atoms. The monoisotopic (exact) mass is 4040 g/mol. The van der Waals surface area contributed by atoms with Gasteiger partial charge in [0, 0.05) is 1090 Å². The van der Waals surface area contributed by atoms with Crippen LogP contribution < -0.4 is 0 Å². The molecule has 0 unspecified atom stereocenters. The van der Waals surface area contributed by atoms with Gasteiger partial charge in [0.05, 0.1) is 0 Å². The van der Waals surface area contributed by atoms with E-state index in [1.807, 2.05) is 0 Å². The maximum atomic E-state index is 0. The molecule has 0 aliphatic heterocycles. The fourth-order valence-corrected chi connectivity index (χ4v) is 0. The second-order valence-electron chi connectivity index (χ2n) is 0. The summed E-state index contributed by atoms with van der Waals surface area (Å²) in [6.07, 6.45) is 0. The maximum Gasteiger partial charge on any atom is 2.00 e. The van der Waals surface area contributed by atoms with Crippen LogP contribution in [0.1, 0.15) is 2.85 Å². The Balaban J connectivity index is 0. The summed E-state index contributed by atoms with van der Waals surface area (Å²) >= 11 is 0. The topological polar surface area (TPSA) is 0 Å². The molecule has 0 fully saturated rings. The van der Waals surface area contributed by atoms with Crippen molar-refractivity contribution in [2.45, 2.75) is 0 Å². The van der Waals surface area contributed by atoms with Crippen LogP contribution in [0, 0.1) is 0 Å². The van der Waals surface area contributed by atoms with Crippen LogP contribution in [0.3, 0.4) is 0 Å². The molecule has 0 aliphatic carbocycles. The summed E-state index contributed by atoms with van der Waals surface area (Å²) in [5.41, 5.74) is 0. The van der Waals surface area contributed by atoms with Gasteiger partial charge in [0.1, 0.15) is 0 Å². The molecule has 0 spiro atoms. The maximum absolute atomic E-state index is 0. The van der Waals surface area contributed by atoms with Crippen molar-refractivity contribution in [1.29, 1.82) is 0 Å². The first-order valence-corrected chi connectivity index (χ1v) is 0. The van der Waals surface area contributed by atoms with E-state index in [0.29, 0.717) is 0 Å². The van der Waals surface area contributed by atoms with E-state index in [1.54, 1.807) is 0 Å². The van der Waals surface area contributed by atoms with Crippen molar-refractivity contribution < 1.29 is 1100 Å². The van der Waals surface area contributed by atoms with E-state index in [-0.39, 0.29) is 1110 Å². The smallest absolute Gasteiger partial charge is 1.00 e. The van der Waals surface area contributed by atoms with Gasteiger partial charge in [0.25, 0.3) is 0 Å². The first kappa shape index (κ1) is 836. The number of hydrogen-bond donors (Lipinski definition) is 0. The van der Waals surface area contributed by atoms with E-state index in [9.17, 15) is 0 Å². The largest absolute Gasteiger partial charge is 2.00 e. The zero-order valence-electron chi connectivity index (χ0n) is 22.0. The molecule has 0 N–H and O–H groups in total. The molecule has 0 atom stereocenters. The molecule has 0 amide bonds. The Morgan fingerprint density at radius 1 is 0.0462 bits per heavy atom. The van der Waals surface area contributed by atoms with E-state index < -0.39 is 0 Å². The number of hydrogen-bond acceptors (Lipinski definition) is 0. The van der Waals surface area contributed by atoms with Crippen molar-refractivity contribution in [3.8, 4) is 0 Å². The Bertz CT molecular complexity index is 20.4. The van der Waals surface area contributed by atoms with Crippen molar-refractivity contribution in [2.24, 2.45) is 0 Å². The van der Waals surface area contributed by atoms with E-state index >= 15 is 0 Å². The van der Waals surface area contributed by atoms with Crippen molar-refractivity contribution in [3.63, 3.8) is 0 Å². The van der Waals surface area contributed by atoms with Crippen LogP contribution in [0.25, 0.3) is 0 Å². The Morgan fingerprint density at radius 3 is 0.0462 bits per heavy atom. The van der Waals surface area contributed by atoms with Crippen molar-refractivity contribution >= 4 is 10.1 Å². The third kappa shape index (κ3) is 794. The minimum absolute atomic E-state index is 0. The summed E-state index contributed by atoms with van der Waals surface area (Å²) in [5, 5.41) is 0. The summed E-state index contributed by atoms with van der Waals surface area (Å²) in [7, 11) is 0. The summed E-state index contributed by atoms with van der Waals surface area (Å²) in [5.74, 6) is 0. The standard InChI is InChI=1S/Be.64Cu.2H/q+2;;;;;;;;;;;;;;;;;;;;;;;;;;;;;;;;;;;;;;;;;;;;;;;;;;;;;;;;;;;;;;;;;2*-1. The SMILES string of the molecule is [Be+2].[Cu].[Cu].[Cu].[Cu].[Cu].[Cu].[Cu].[Cu].[Cu].[Cu].[Cu].[Cu].[Cu].[Cu].[Cu].[Cu].[Cu].[Cu].[Cu].[Cu].[Cu].[Cu].[Cu].[Cu].[Cu].[Cu].[Cu].[Cu].[Cu].[Cu].[Cu].[Cu].[Cu].[Cu].[Cu].[Cu].[Cu].[Cu].[Cu].[Cu].[Cu].[Cu].[Cu].[Cu].[Cu].[Cu].[Cu].[Cu].[Cu].[Cu].[Cu].[Cu].[Cu].[Cu].[Cu].[Cu].[Cu].[Cu].[Cu].[Cu].[Cu].[Cu].[Cu].[Cu].[H-].[H-]. The quantitative estimate of drug-likeness (QED) is 0.293. The number of rotatable bonds is 0. The Kier molecular flexibility index (Phi) is 10400. The fourth-order valence-electron chi connectivity index (χ4n) is 0. The van der Waals surface area contributed by atoms with E-state index in [4.69, 9.17) is 0 Å². The molecular weight excluding hydrogens is 4080 g/mol. The van der Waals surface area contributed by atoms with Gasteiger partial charge in [-0.05, 0) is 0 Å². The van der Waals surface area contributed by atoms with Gasteiger partial charge < -0.3 is 2.85 Å². The predicted octanol–water partition coefficient (Wildman–Crippen LogP) is -0.316. The molecule has 0 heterocycles. The van der Waals surface area contributed by atoms with Crippen LogP contribution in [0.2, 0.25) is 0 Å². The zero-order chi connectivity index (χ0) is 0. The molecule has 0 nitrogen and oxygen atoms in total. The molecule has 0 aromatic carbocycles. The van der Waals surface area contributed by atoms with Gasteiger partial charge in [-0.25, -0.2) is 0 Å². The van der Waals surface area contributed by atoms with Gasteiger partial charge in [-0.2, -0.15) is 0 Å². The molecule has 0 aliphatic rings. The molecule has 708 valence electrons. The summed E-state index contributed by atoms with van der Waals surface area (Å²) in [4.78, 5) is 0. The van der Waals surface area contributed by atoms with Crippen molar-refractivity contribution in [3.05, 3.63) is 0 Å². The van der Waals surface area contributed by atoms with Crippen molar-refractivity contribution in [1.82, 2.24) is 0 Å². The van der Waals surface area contributed by atoms with Gasteiger partial charge in [0.2, 0.25) is 0 Å². The normalized spacial score (nSPS) is 0. The molecule has 65 heavy (non-hydrogen) atoms. The molecule has 0 rings (SSSR count). The second kappa shape index (κ2) is 811. The van der Waals surface area contributed by atoms with E-state index in [2.05, 4.69) is 0 Å². The minimum atomic E-state index is 0. The van der Waals surface area contributed by atoms with Crippen LogP contribution in [0.4, 0.5) is 0 Å². The molecule has 64 radical (unpaired) electrons.